The van der Waals surface area contributed by atoms with Crippen LogP contribution in [0.3, 0.4) is 0 Å². The van der Waals surface area contributed by atoms with Gasteiger partial charge in [0.2, 0.25) is 0 Å². The van der Waals surface area contributed by atoms with Crippen molar-refractivity contribution in [3.63, 3.8) is 0 Å². The molecule has 16 heteroatoms. The van der Waals surface area contributed by atoms with Crippen LogP contribution < -0.4 is 10.0 Å². The van der Waals surface area contributed by atoms with Crippen LogP contribution in [0.15, 0.2) is 96.2 Å². The van der Waals surface area contributed by atoms with Crippen molar-refractivity contribution < 1.29 is 28.0 Å². The number of carbonyl (C=O) groups excluding carboxylic acids is 1. The van der Waals surface area contributed by atoms with Gasteiger partial charge in [0.1, 0.15) is 23.6 Å². The molecule has 1 saturated carbocycles. The van der Waals surface area contributed by atoms with Crippen molar-refractivity contribution in [3.8, 4) is 5.69 Å². The number of aromatic nitrogens is 4. The molecular weight excluding hydrogens is 821 g/mol. The van der Waals surface area contributed by atoms with Crippen LogP contribution >= 0.6 is 0 Å². The quantitative estimate of drug-likeness (QED) is 0.0758. The zero-order valence-corrected chi connectivity index (χ0v) is 35.7. The number of anilines is 1. The van der Waals surface area contributed by atoms with E-state index in [2.05, 4.69) is 50.4 Å². The van der Waals surface area contributed by atoms with E-state index in [1.54, 1.807) is 27.7 Å². The Kier molecular flexibility index (Phi) is 11.1. The van der Waals surface area contributed by atoms with Gasteiger partial charge in [-0.05, 0) is 135 Å². The number of aliphatic hydroxyl groups excluding tert-OH is 1. The summed E-state index contributed by atoms with van der Waals surface area (Å²) in [5, 5.41) is 30.6. The van der Waals surface area contributed by atoms with Gasteiger partial charge in [0.05, 0.1) is 32.8 Å². The molecule has 1 amide bonds. The smallest absolute Gasteiger partial charge is 0.293 e. The summed E-state index contributed by atoms with van der Waals surface area (Å²) in [6, 6.07) is 22.5. The fraction of sp³-hybridized carbons (Fsp3) is 0.383. The molecule has 2 unspecified atom stereocenters. The number of sulfonamides is 1. The Morgan fingerprint density at radius 3 is 2.56 bits per heavy atom. The van der Waals surface area contributed by atoms with Gasteiger partial charge in [-0.15, -0.1) is 0 Å². The van der Waals surface area contributed by atoms with Gasteiger partial charge >= 0.3 is 0 Å². The Balaban J connectivity index is 0.952. The summed E-state index contributed by atoms with van der Waals surface area (Å²) in [6.07, 6.45) is 14.8. The number of nitrogens with zero attached hydrogens (tertiary/aromatic N) is 6. The first-order valence-electron chi connectivity index (χ1n) is 22.0. The minimum Gasteiger partial charge on any atom is -0.381 e. The maximum absolute atomic E-state index is 14.2. The van der Waals surface area contributed by atoms with Crippen molar-refractivity contribution in [3.05, 3.63) is 124 Å². The Morgan fingerprint density at radius 1 is 0.968 bits per heavy atom. The molecule has 5 heterocycles. The first-order chi connectivity index (χ1) is 30.6. The molecule has 3 fully saturated rings. The molecule has 3 aromatic carbocycles. The van der Waals surface area contributed by atoms with Crippen LogP contribution in [0.4, 0.5) is 11.4 Å². The lowest BCUT2D eigenvalue weighted by Crippen LogP contribution is -2.36. The number of nitrogens with one attached hydrogen (secondary N) is 2. The third-order valence-electron chi connectivity index (χ3n) is 13.4. The van der Waals surface area contributed by atoms with Crippen molar-refractivity contribution in [2.75, 3.05) is 31.6 Å². The fourth-order valence-corrected chi connectivity index (χ4v) is 10.9. The lowest BCUT2D eigenvalue weighted by Gasteiger charge is -2.36. The van der Waals surface area contributed by atoms with E-state index in [1.165, 1.54) is 48.9 Å². The highest BCUT2D eigenvalue weighted by atomic mass is 32.2. The number of pyridine rings is 1. The van der Waals surface area contributed by atoms with E-state index in [9.17, 15) is 28.4 Å². The van der Waals surface area contributed by atoms with Gasteiger partial charge in [-0.3, -0.25) is 19.8 Å². The van der Waals surface area contributed by atoms with E-state index >= 15 is 0 Å². The second-order valence-electron chi connectivity index (χ2n) is 17.3. The molecule has 3 aromatic heterocycles. The zero-order chi connectivity index (χ0) is 43.2. The van der Waals surface area contributed by atoms with Crippen molar-refractivity contribution in [1.29, 1.82) is 0 Å². The summed E-state index contributed by atoms with van der Waals surface area (Å²) in [7, 11) is -4.58. The Morgan fingerprint density at radius 2 is 1.79 bits per heavy atom. The molecule has 2 aliphatic carbocycles. The third-order valence-corrected chi connectivity index (χ3v) is 14.7. The predicted molar refractivity (Wildman–Crippen MR) is 239 cm³/mol. The van der Waals surface area contributed by atoms with E-state index in [4.69, 9.17) is 9.72 Å². The highest BCUT2D eigenvalue weighted by molar-refractivity contribution is 7.90. The number of allylic oxidation sites excluding steroid dienone is 1. The molecule has 15 nitrogen and oxygen atoms in total. The number of rotatable bonds is 13. The van der Waals surface area contributed by atoms with Crippen LogP contribution in [0, 0.1) is 16.0 Å². The standard InChI is InChI=1S/C47H50N8O7S/c56-29-52-21-17-34-25-44-41(50-46(34)52)28-49-54(44)43-24-33(31-9-12-35(13-10-31)53-20-3-6-42(53)38-5-2-1-4-37(38)32-7-8-32)11-15-39(43)47(57)51-63(60,61)36-14-16-40(45(26-36)55(58)59)48-27-30-18-22-62-23-19-30/h1-2,4-5,9,11,14-17,21,24-26,28,30,32,35,42,48,56H,3,6-8,10,12-13,18-20,22-23,27,29H2,(H,51,57). The number of nitro benzene ring substituents is 1. The fourth-order valence-electron chi connectivity index (χ4n) is 9.90. The average Bonchev–Trinajstić information content (AvgIpc) is 3.68. The molecule has 10 rings (SSSR count). The SMILES string of the molecule is O=C(NS(=O)(=O)c1ccc(NCC2CCOCC2)c([N+](=O)[O-])c1)c1ccc(C2=CCC(N3CCCC3c3ccccc3C3CC3)CC2)cc1-n1ncc2nc3c(ccn3CO)cc21. The lowest BCUT2D eigenvalue weighted by atomic mass is 9.88. The van der Waals surface area contributed by atoms with E-state index < -0.39 is 31.4 Å². The van der Waals surface area contributed by atoms with Gasteiger partial charge in [0.25, 0.3) is 21.6 Å². The highest BCUT2D eigenvalue weighted by Gasteiger charge is 2.36. The number of benzene rings is 3. The summed E-state index contributed by atoms with van der Waals surface area (Å²) in [5.41, 5.74) is 6.87. The maximum Gasteiger partial charge on any atom is 0.293 e. The number of amides is 1. The lowest BCUT2D eigenvalue weighted by molar-refractivity contribution is -0.384. The summed E-state index contributed by atoms with van der Waals surface area (Å²) in [6.45, 7) is 2.56. The summed E-state index contributed by atoms with van der Waals surface area (Å²) in [4.78, 5) is 32.8. The molecule has 0 radical (unpaired) electrons. The largest absolute Gasteiger partial charge is 0.381 e. The summed E-state index contributed by atoms with van der Waals surface area (Å²) < 4.78 is 38.5. The monoisotopic (exact) mass is 870 g/mol. The van der Waals surface area contributed by atoms with Crippen molar-refractivity contribution in [2.24, 2.45) is 5.92 Å². The number of fused-ring (bicyclic) bond motifs is 2. The summed E-state index contributed by atoms with van der Waals surface area (Å²) >= 11 is 0. The number of hydrogen-bond acceptors (Lipinski definition) is 11. The van der Waals surface area contributed by atoms with Gasteiger partial charge in [0, 0.05) is 49.5 Å². The summed E-state index contributed by atoms with van der Waals surface area (Å²) in [5.74, 6) is 0.0410. The Hall–Kier alpha value is -5.94. The molecule has 2 aliphatic heterocycles. The van der Waals surface area contributed by atoms with Crippen molar-refractivity contribution in [1.82, 2.24) is 29.0 Å². The van der Waals surface area contributed by atoms with Crippen LogP contribution in [0.2, 0.25) is 0 Å². The number of likely N-dealkylation sites (tertiary alicyclic amines) is 1. The van der Waals surface area contributed by atoms with Gasteiger partial charge in [-0.2, -0.15) is 5.10 Å². The Bertz CT molecular complexity index is 2880. The number of hydrogen-bond donors (Lipinski definition) is 3. The first kappa shape index (κ1) is 41.1. The second kappa shape index (κ2) is 17.0. The van der Waals surface area contributed by atoms with Crippen LogP contribution in [0.1, 0.15) is 96.8 Å². The predicted octanol–water partition coefficient (Wildman–Crippen LogP) is 7.84. The minimum absolute atomic E-state index is 0.0353. The molecule has 2 saturated heterocycles. The van der Waals surface area contributed by atoms with Crippen molar-refractivity contribution >= 4 is 54.9 Å². The van der Waals surface area contributed by atoms with Crippen molar-refractivity contribution in [2.45, 2.75) is 87.4 Å². The molecule has 2 atom stereocenters. The molecule has 6 aromatic rings. The normalized spacial score (nSPS) is 20.0. The molecule has 3 N–H and O–H groups in total. The number of aliphatic hydroxyl groups is 1. The van der Waals surface area contributed by atoms with Crippen LogP contribution in [-0.2, 0) is 21.5 Å². The van der Waals surface area contributed by atoms with Gasteiger partial charge in [-0.1, -0.05) is 36.4 Å². The molecular formula is C47H50N8O7S. The van der Waals surface area contributed by atoms with E-state index in [-0.39, 0.29) is 23.9 Å². The van der Waals surface area contributed by atoms with Gasteiger partial charge < -0.3 is 19.7 Å². The van der Waals surface area contributed by atoms with Gasteiger partial charge in [0.15, 0.2) is 0 Å². The average molecular weight is 871 g/mol. The third kappa shape index (κ3) is 8.12. The van der Waals surface area contributed by atoms with Crippen LogP contribution in [-0.4, -0.2) is 80.9 Å². The minimum atomic E-state index is -4.58. The number of carbonyl (C=O) groups is 1. The van der Waals surface area contributed by atoms with Crippen LogP contribution in [0.5, 0.6) is 0 Å². The molecule has 4 aliphatic rings. The highest BCUT2D eigenvalue weighted by Crippen LogP contribution is 2.47. The Labute approximate surface area is 365 Å². The van der Waals surface area contributed by atoms with Gasteiger partial charge in [-0.25, -0.2) is 22.8 Å². The molecule has 63 heavy (non-hydrogen) atoms. The van der Waals surface area contributed by atoms with E-state index in [0.717, 1.165) is 61.2 Å². The van der Waals surface area contributed by atoms with Crippen LogP contribution in [0.25, 0.3) is 33.3 Å². The number of nitro groups is 1. The number of ether oxygens (including phenoxy) is 1. The second-order valence-corrected chi connectivity index (χ2v) is 19.0. The molecule has 0 bridgehead atoms. The first-order valence-corrected chi connectivity index (χ1v) is 23.4. The molecule has 0 spiro atoms. The van der Waals surface area contributed by atoms with E-state index in [0.29, 0.717) is 60.1 Å². The van der Waals surface area contributed by atoms with E-state index in [1.807, 2.05) is 24.3 Å². The molecule has 326 valence electrons. The zero-order valence-electron chi connectivity index (χ0n) is 34.9. The maximum atomic E-state index is 14.2. The topological polar surface area (TPSA) is 187 Å².